The first-order valence-electron chi connectivity index (χ1n) is 7.53. The third-order valence-corrected chi connectivity index (χ3v) is 3.88. The number of carbonyl (C=O) groups excluding carboxylic acids is 2. The molecule has 1 aliphatic carbocycles. The summed E-state index contributed by atoms with van der Waals surface area (Å²) in [7, 11) is 0. The Kier molecular flexibility index (Phi) is 4.20. The Morgan fingerprint density at radius 1 is 1.14 bits per heavy atom. The van der Waals surface area contributed by atoms with E-state index in [0.29, 0.717) is 12.1 Å². The van der Waals surface area contributed by atoms with E-state index in [4.69, 9.17) is 4.74 Å². The van der Waals surface area contributed by atoms with Crippen molar-refractivity contribution in [2.45, 2.75) is 31.8 Å². The molecule has 1 aromatic carbocycles. The number of hydrogen-bond donors (Lipinski definition) is 2. The predicted molar refractivity (Wildman–Crippen MR) is 79.1 cm³/mol. The molecule has 112 valence electrons. The van der Waals surface area contributed by atoms with Crippen LogP contribution < -0.4 is 10.6 Å². The van der Waals surface area contributed by atoms with Crippen molar-refractivity contribution < 1.29 is 14.3 Å². The van der Waals surface area contributed by atoms with Crippen LogP contribution in [0.4, 0.5) is 5.69 Å². The van der Waals surface area contributed by atoms with Crippen LogP contribution in [0.25, 0.3) is 0 Å². The fraction of sp³-hybridized carbons (Fsp3) is 0.500. The molecule has 1 saturated carbocycles. The minimum atomic E-state index is -0.106. The van der Waals surface area contributed by atoms with Gasteiger partial charge in [0.15, 0.2) is 0 Å². The van der Waals surface area contributed by atoms with Crippen LogP contribution >= 0.6 is 0 Å². The summed E-state index contributed by atoms with van der Waals surface area (Å²) in [6.45, 7) is 1.34. The Morgan fingerprint density at radius 3 is 2.52 bits per heavy atom. The Labute approximate surface area is 124 Å². The smallest absolute Gasteiger partial charge is 0.251 e. The summed E-state index contributed by atoms with van der Waals surface area (Å²) in [4.78, 5) is 23.6. The van der Waals surface area contributed by atoms with Gasteiger partial charge in [0, 0.05) is 30.3 Å². The maximum Gasteiger partial charge on any atom is 0.251 e. The molecule has 0 spiro atoms. The van der Waals surface area contributed by atoms with Crippen molar-refractivity contribution in [3.63, 3.8) is 0 Å². The van der Waals surface area contributed by atoms with Gasteiger partial charge in [-0.05, 0) is 49.9 Å². The molecule has 1 heterocycles. The number of hydrogen-bond acceptors (Lipinski definition) is 3. The first kappa shape index (κ1) is 14.1. The zero-order chi connectivity index (χ0) is 14.7. The lowest BCUT2D eigenvalue weighted by molar-refractivity contribution is -0.117. The lowest BCUT2D eigenvalue weighted by Gasteiger charge is -2.11. The maximum atomic E-state index is 12.0. The standard InChI is InChI=1S/C16H20N2O3/c19-15(17-10-14-2-1-9-21-14)11-5-7-13(8-6-11)18-16(20)12-3-4-12/h5-8,12,14H,1-4,9-10H2,(H,17,19)(H,18,20). The van der Waals surface area contributed by atoms with Crippen molar-refractivity contribution in [2.75, 3.05) is 18.5 Å². The van der Waals surface area contributed by atoms with E-state index >= 15 is 0 Å². The first-order chi connectivity index (χ1) is 10.2. The van der Waals surface area contributed by atoms with Crippen LogP contribution in [0.1, 0.15) is 36.0 Å². The van der Waals surface area contributed by atoms with Gasteiger partial charge in [-0.3, -0.25) is 9.59 Å². The van der Waals surface area contributed by atoms with Gasteiger partial charge >= 0.3 is 0 Å². The van der Waals surface area contributed by atoms with Crippen LogP contribution in [0.3, 0.4) is 0 Å². The van der Waals surface area contributed by atoms with Crippen LogP contribution in [-0.4, -0.2) is 31.1 Å². The van der Waals surface area contributed by atoms with Crippen LogP contribution in [0.2, 0.25) is 0 Å². The molecule has 2 aliphatic rings. The summed E-state index contributed by atoms with van der Waals surface area (Å²) < 4.78 is 5.47. The maximum absolute atomic E-state index is 12.0. The lowest BCUT2D eigenvalue weighted by Crippen LogP contribution is -2.31. The molecule has 5 heteroatoms. The fourth-order valence-corrected chi connectivity index (χ4v) is 2.41. The van der Waals surface area contributed by atoms with Gasteiger partial charge in [-0.15, -0.1) is 0 Å². The summed E-state index contributed by atoms with van der Waals surface area (Å²) in [6.07, 6.45) is 4.18. The summed E-state index contributed by atoms with van der Waals surface area (Å²) >= 11 is 0. The number of ether oxygens (including phenoxy) is 1. The summed E-state index contributed by atoms with van der Waals surface area (Å²) in [5, 5.41) is 5.73. The highest BCUT2D eigenvalue weighted by Crippen LogP contribution is 2.30. The van der Waals surface area contributed by atoms with E-state index in [-0.39, 0.29) is 23.8 Å². The van der Waals surface area contributed by atoms with Crippen LogP contribution in [0, 0.1) is 5.92 Å². The van der Waals surface area contributed by atoms with Gasteiger partial charge in [-0.25, -0.2) is 0 Å². The van der Waals surface area contributed by atoms with Gasteiger partial charge < -0.3 is 15.4 Å². The topological polar surface area (TPSA) is 67.4 Å². The number of rotatable bonds is 5. The highest BCUT2D eigenvalue weighted by molar-refractivity contribution is 5.96. The van der Waals surface area contributed by atoms with Crippen molar-refractivity contribution in [3.05, 3.63) is 29.8 Å². The molecule has 3 rings (SSSR count). The van der Waals surface area contributed by atoms with Crippen molar-refractivity contribution in [1.82, 2.24) is 5.32 Å². The third kappa shape index (κ3) is 3.82. The Balaban J connectivity index is 1.50. The first-order valence-corrected chi connectivity index (χ1v) is 7.53. The molecular weight excluding hydrogens is 268 g/mol. The molecule has 1 aromatic rings. The van der Waals surface area contributed by atoms with Gasteiger partial charge in [-0.1, -0.05) is 0 Å². The number of benzene rings is 1. The third-order valence-electron chi connectivity index (χ3n) is 3.88. The van der Waals surface area contributed by atoms with Crippen LogP contribution in [0.5, 0.6) is 0 Å². The number of carbonyl (C=O) groups is 2. The summed E-state index contributed by atoms with van der Waals surface area (Å²) in [5.41, 5.74) is 1.33. The predicted octanol–water partition coefficient (Wildman–Crippen LogP) is 1.94. The lowest BCUT2D eigenvalue weighted by atomic mass is 10.2. The molecule has 0 radical (unpaired) electrons. The largest absolute Gasteiger partial charge is 0.376 e. The van der Waals surface area contributed by atoms with Crippen molar-refractivity contribution in [2.24, 2.45) is 5.92 Å². The second-order valence-electron chi connectivity index (χ2n) is 5.69. The normalized spacial score (nSPS) is 21.0. The molecule has 0 aromatic heterocycles. The Hall–Kier alpha value is -1.88. The minimum absolute atomic E-state index is 0.0746. The Morgan fingerprint density at radius 2 is 1.90 bits per heavy atom. The van der Waals surface area contributed by atoms with Crippen LogP contribution in [-0.2, 0) is 9.53 Å². The molecule has 1 saturated heterocycles. The molecule has 2 amide bonds. The molecule has 0 bridgehead atoms. The van der Waals surface area contributed by atoms with Gasteiger partial charge in [0.2, 0.25) is 5.91 Å². The fourth-order valence-electron chi connectivity index (χ4n) is 2.41. The van der Waals surface area contributed by atoms with E-state index in [0.717, 1.165) is 38.0 Å². The SMILES string of the molecule is O=C(NCC1CCCO1)c1ccc(NC(=O)C2CC2)cc1. The van der Waals surface area contributed by atoms with Crippen molar-refractivity contribution >= 4 is 17.5 Å². The summed E-state index contributed by atoms with van der Waals surface area (Å²) in [6, 6.07) is 6.99. The minimum Gasteiger partial charge on any atom is -0.376 e. The molecule has 1 unspecified atom stereocenters. The van der Waals surface area contributed by atoms with Gasteiger partial charge in [-0.2, -0.15) is 0 Å². The van der Waals surface area contributed by atoms with E-state index in [9.17, 15) is 9.59 Å². The molecule has 2 N–H and O–H groups in total. The number of amides is 2. The molecular formula is C16H20N2O3. The van der Waals surface area contributed by atoms with Crippen LogP contribution in [0.15, 0.2) is 24.3 Å². The second kappa shape index (κ2) is 6.26. The van der Waals surface area contributed by atoms with Gasteiger partial charge in [0.1, 0.15) is 0 Å². The zero-order valence-corrected chi connectivity index (χ0v) is 11.9. The van der Waals surface area contributed by atoms with E-state index in [2.05, 4.69) is 10.6 Å². The summed E-state index contributed by atoms with van der Waals surface area (Å²) in [5.74, 6) is 0.149. The van der Waals surface area contributed by atoms with E-state index in [1.165, 1.54) is 0 Å². The average Bonchev–Trinajstić information content (AvgIpc) is 3.23. The van der Waals surface area contributed by atoms with Gasteiger partial charge in [0.05, 0.1) is 6.10 Å². The second-order valence-corrected chi connectivity index (χ2v) is 5.69. The van der Waals surface area contributed by atoms with E-state index < -0.39 is 0 Å². The highest BCUT2D eigenvalue weighted by atomic mass is 16.5. The molecule has 1 aliphatic heterocycles. The molecule has 1 atom stereocenters. The van der Waals surface area contributed by atoms with Crippen molar-refractivity contribution in [1.29, 1.82) is 0 Å². The molecule has 5 nitrogen and oxygen atoms in total. The monoisotopic (exact) mass is 288 g/mol. The van der Waals surface area contributed by atoms with E-state index in [1.54, 1.807) is 24.3 Å². The zero-order valence-electron chi connectivity index (χ0n) is 11.9. The highest BCUT2D eigenvalue weighted by Gasteiger charge is 2.29. The number of nitrogens with one attached hydrogen (secondary N) is 2. The Bertz CT molecular complexity index is 517. The van der Waals surface area contributed by atoms with Crippen molar-refractivity contribution in [3.8, 4) is 0 Å². The average molecular weight is 288 g/mol. The quantitative estimate of drug-likeness (QED) is 0.870. The molecule has 21 heavy (non-hydrogen) atoms. The molecule has 2 fully saturated rings. The van der Waals surface area contributed by atoms with E-state index in [1.807, 2.05) is 0 Å². The number of anilines is 1. The van der Waals surface area contributed by atoms with Gasteiger partial charge in [0.25, 0.3) is 5.91 Å².